The first-order valence-corrected chi connectivity index (χ1v) is 7.44. The maximum Gasteiger partial charge on any atom is 0.252 e. The molecule has 96 valence electrons. The Balaban J connectivity index is 0.00000144. The van der Waals surface area contributed by atoms with Crippen molar-refractivity contribution in [2.75, 3.05) is 19.6 Å². The minimum absolute atomic E-state index is 0. The van der Waals surface area contributed by atoms with E-state index in [4.69, 9.17) is 0 Å². The van der Waals surface area contributed by atoms with Crippen molar-refractivity contribution in [3.05, 3.63) is 19.9 Å². The zero-order chi connectivity index (χ0) is 11.4. The molecule has 1 aliphatic heterocycles. The lowest BCUT2D eigenvalue weighted by atomic mass is 10.00. The van der Waals surface area contributed by atoms with Gasteiger partial charge in [0.2, 0.25) is 0 Å². The van der Waals surface area contributed by atoms with Gasteiger partial charge in [-0.3, -0.25) is 4.79 Å². The quantitative estimate of drug-likeness (QED) is 0.784. The van der Waals surface area contributed by atoms with E-state index in [9.17, 15) is 4.79 Å². The van der Waals surface area contributed by atoms with Crippen LogP contribution in [0.3, 0.4) is 0 Å². The summed E-state index contributed by atoms with van der Waals surface area (Å²) in [6.45, 7) is 2.94. The molecule has 0 aromatic carbocycles. The van der Waals surface area contributed by atoms with Gasteiger partial charge in [0, 0.05) is 11.9 Å². The molecule has 1 fully saturated rings. The largest absolute Gasteiger partial charge is 0.352 e. The van der Waals surface area contributed by atoms with Crippen LogP contribution < -0.4 is 10.6 Å². The number of hydrogen-bond acceptors (Lipinski definition) is 3. The highest BCUT2D eigenvalue weighted by atomic mass is 127. The van der Waals surface area contributed by atoms with Crippen molar-refractivity contribution in [2.24, 2.45) is 5.92 Å². The lowest BCUT2D eigenvalue weighted by Crippen LogP contribution is -2.38. The van der Waals surface area contributed by atoms with E-state index in [0.717, 1.165) is 28.1 Å². The van der Waals surface area contributed by atoms with Crippen LogP contribution in [-0.4, -0.2) is 25.5 Å². The van der Waals surface area contributed by atoms with E-state index in [1.807, 2.05) is 11.4 Å². The molecule has 2 heterocycles. The number of nitrogens with one attached hydrogen (secondary N) is 2. The second-order valence-corrected chi connectivity index (χ2v) is 6.87. The molecule has 1 aromatic heterocycles. The van der Waals surface area contributed by atoms with E-state index >= 15 is 0 Å². The third-order valence-corrected chi connectivity index (χ3v) is 4.57. The highest BCUT2D eigenvalue weighted by Crippen LogP contribution is 2.16. The number of carbonyl (C=O) groups is 1. The first-order valence-electron chi connectivity index (χ1n) is 5.48. The molecule has 1 unspecified atom stereocenters. The molecule has 1 atom stereocenters. The number of halogens is 2. The molecule has 1 aromatic rings. The summed E-state index contributed by atoms with van der Waals surface area (Å²) in [6, 6.07) is 1.93. The van der Waals surface area contributed by atoms with Crippen molar-refractivity contribution in [1.29, 1.82) is 0 Å². The second-order valence-electron chi connectivity index (χ2n) is 4.06. The Morgan fingerprint density at radius 2 is 2.47 bits per heavy atom. The Morgan fingerprint density at radius 1 is 1.65 bits per heavy atom. The van der Waals surface area contributed by atoms with Crippen LogP contribution in [0.1, 0.15) is 23.2 Å². The van der Waals surface area contributed by atoms with E-state index in [1.54, 1.807) is 11.3 Å². The molecule has 0 radical (unpaired) electrons. The molecular formula is C11H16ClIN2OS. The summed E-state index contributed by atoms with van der Waals surface area (Å²) in [5.74, 6) is 0.653. The van der Waals surface area contributed by atoms with Crippen LogP contribution in [0.25, 0.3) is 0 Å². The molecule has 0 bridgehead atoms. The van der Waals surface area contributed by atoms with Gasteiger partial charge in [-0.1, -0.05) is 0 Å². The van der Waals surface area contributed by atoms with Crippen LogP contribution in [0, 0.1) is 8.80 Å². The highest BCUT2D eigenvalue weighted by Gasteiger charge is 2.14. The Kier molecular flexibility index (Phi) is 6.76. The Morgan fingerprint density at radius 3 is 3.06 bits per heavy atom. The van der Waals surface area contributed by atoms with Gasteiger partial charge in [-0.25, -0.2) is 0 Å². The third-order valence-electron chi connectivity index (χ3n) is 2.78. The normalized spacial score (nSPS) is 19.5. The van der Waals surface area contributed by atoms with Gasteiger partial charge < -0.3 is 10.6 Å². The van der Waals surface area contributed by atoms with E-state index in [2.05, 4.69) is 33.2 Å². The van der Waals surface area contributed by atoms with Gasteiger partial charge in [0.05, 0.1) is 8.45 Å². The van der Waals surface area contributed by atoms with Gasteiger partial charge in [-0.05, 0) is 60.5 Å². The number of thiophene rings is 1. The van der Waals surface area contributed by atoms with Gasteiger partial charge in [-0.15, -0.1) is 23.7 Å². The van der Waals surface area contributed by atoms with Gasteiger partial charge >= 0.3 is 0 Å². The molecule has 0 spiro atoms. The van der Waals surface area contributed by atoms with Gasteiger partial charge in [0.15, 0.2) is 0 Å². The Labute approximate surface area is 125 Å². The lowest BCUT2D eigenvalue weighted by molar-refractivity contribution is 0.0945. The molecule has 2 N–H and O–H groups in total. The van der Waals surface area contributed by atoms with E-state index in [1.165, 1.54) is 12.8 Å². The number of amides is 1. The fourth-order valence-corrected chi connectivity index (χ4v) is 3.19. The average Bonchev–Trinajstić information content (AvgIpc) is 2.74. The smallest absolute Gasteiger partial charge is 0.252 e. The van der Waals surface area contributed by atoms with Crippen molar-refractivity contribution in [3.8, 4) is 0 Å². The molecule has 1 amide bonds. The standard InChI is InChI=1S/C11H15IN2OS.ClH/c12-10-4-9(7-16-10)11(15)14-6-8-2-1-3-13-5-8;/h4,7-8,13H,1-3,5-6H2,(H,14,15);1H. The van der Waals surface area contributed by atoms with Crippen molar-refractivity contribution < 1.29 is 4.79 Å². The van der Waals surface area contributed by atoms with Crippen molar-refractivity contribution in [1.82, 2.24) is 10.6 Å². The molecule has 0 aliphatic carbocycles. The predicted octanol–water partition coefficient (Wildman–Crippen LogP) is 2.50. The van der Waals surface area contributed by atoms with Gasteiger partial charge in [-0.2, -0.15) is 0 Å². The monoisotopic (exact) mass is 386 g/mol. The molecule has 2 rings (SSSR count). The summed E-state index contributed by atoms with van der Waals surface area (Å²) in [7, 11) is 0. The second kappa shape index (κ2) is 7.56. The number of hydrogen-bond donors (Lipinski definition) is 2. The molecule has 1 saturated heterocycles. The summed E-state index contributed by atoms with van der Waals surface area (Å²) in [5.41, 5.74) is 0.790. The Hall–Kier alpha value is 0.150. The van der Waals surface area contributed by atoms with Crippen LogP contribution in [0.4, 0.5) is 0 Å². The Bertz CT molecular complexity index is 366. The van der Waals surface area contributed by atoms with Crippen LogP contribution in [0.5, 0.6) is 0 Å². The maximum atomic E-state index is 11.8. The molecule has 0 saturated carbocycles. The van der Waals surface area contributed by atoms with Crippen molar-refractivity contribution in [2.45, 2.75) is 12.8 Å². The van der Waals surface area contributed by atoms with Crippen LogP contribution in [0.2, 0.25) is 0 Å². The molecule has 6 heteroatoms. The molecule has 3 nitrogen and oxygen atoms in total. The number of rotatable bonds is 3. The third kappa shape index (κ3) is 4.73. The minimum Gasteiger partial charge on any atom is -0.352 e. The summed E-state index contributed by atoms with van der Waals surface area (Å²) in [6.07, 6.45) is 2.44. The minimum atomic E-state index is 0. The summed E-state index contributed by atoms with van der Waals surface area (Å²) in [4.78, 5) is 11.8. The fraction of sp³-hybridized carbons (Fsp3) is 0.545. The number of carbonyl (C=O) groups excluding carboxylic acids is 1. The first-order chi connectivity index (χ1) is 7.75. The number of piperidine rings is 1. The van der Waals surface area contributed by atoms with E-state index in [0.29, 0.717) is 5.92 Å². The zero-order valence-electron chi connectivity index (χ0n) is 9.37. The molecule has 17 heavy (non-hydrogen) atoms. The predicted molar refractivity (Wildman–Crippen MR) is 82.2 cm³/mol. The van der Waals surface area contributed by atoms with Crippen LogP contribution in [0.15, 0.2) is 11.4 Å². The lowest BCUT2D eigenvalue weighted by Gasteiger charge is -2.22. The summed E-state index contributed by atoms with van der Waals surface area (Å²) < 4.78 is 1.15. The topological polar surface area (TPSA) is 41.1 Å². The van der Waals surface area contributed by atoms with Gasteiger partial charge in [0.1, 0.15) is 0 Å². The average molecular weight is 387 g/mol. The highest BCUT2D eigenvalue weighted by molar-refractivity contribution is 14.1. The van der Waals surface area contributed by atoms with E-state index < -0.39 is 0 Å². The van der Waals surface area contributed by atoms with Gasteiger partial charge in [0.25, 0.3) is 5.91 Å². The molecule has 1 aliphatic rings. The zero-order valence-corrected chi connectivity index (χ0v) is 13.2. The molecular weight excluding hydrogens is 371 g/mol. The van der Waals surface area contributed by atoms with Crippen LogP contribution >= 0.6 is 46.3 Å². The van der Waals surface area contributed by atoms with Crippen LogP contribution in [-0.2, 0) is 0 Å². The first kappa shape index (κ1) is 15.2. The van der Waals surface area contributed by atoms with Crippen molar-refractivity contribution in [3.63, 3.8) is 0 Å². The summed E-state index contributed by atoms with van der Waals surface area (Å²) in [5, 5.41) is 8.27. The fourth-order valence-electron chi connectivity index (χ4n) is 1.87. The maximum absolute atomic E-state index is 11.8. The van der Waals surface area contributed by atoms with Crippen molar-refractivity contribution >= 4 is 52.2 Å². The SMILES string of the molecule is Cl.O=C(NCC1CCCNC1)c1csc(I)c1. The van der Waals surface area contributed by atoms with E-state index in [-0.39, 0.29) is 18.3 Å². The summed E-state index contributed by atoms with van der Waals surface area (Å²) >= 11 is 3.84.